The van der Waals surface area contributed by atoms with E-state index in [-0.39, 0.29) is 23.6 Å². The molecule has 4 rings (SSSR count). The van der Waals surface area contributed by atoms with Crippen molar-refractivity contribution < 1.29 is 14.3 Å². The van der Waals surface area contributed by atoms with E-state index < -0.39 is 0 Å². The minimum atomic E-state index is -0.254. The number of carbonyl (C=O) groups is 2. The van der Waals surface area contributed by atoms with Crippen molar-refractivity contribution >= 4 is 29.3 Å². The normalized spacial score (nSPS) is 13.0. The molecule has 0 unspecified atom stereocenters. The Balaban J connectivity index is 1.39. The Hall–Kier alpha value is -3.40. The van der Waals surface area contributed by atoms with Crippen LogP contribution in [0.4, 0.5) is 5.69 Å². The molecule has 0 aliphatic heterocycles. The van der Waals surface area contributed by atoms with E-state index in [4.69, 9.17) is 4.74 Å². The summed E-state index contributed by atoms with van der Waals surface area (Å²) in [6.07, 6.45) is 2.00. The largest absolute Gasteiger partial charge is 0.497 e. The number of hydrogen-bond donors (Lipinski definition) is 2. The summed E-state index contributed by atoms with van der Waals surface area (Å²) in [5.41, 5.74) is 1.69. The topological polar surface area (TPSA) is 111 Å². The fraction of sp³-hybridized carbons (Fsp3) is 0.250. The first-order valence-corrected chi connectivity index (χ1v) is 10.4. The number of methoxy groups -OCH3 is 1. The van der Waals surface area contributed by atoms with E-state index >= 15 is 0 Å². The van der Waals surface area contributed by atoms with Crippen LogP contribution in [0, 0.1) is 0 Å². The molecule has 1 aromatic heterocycles. The summed E-state index contributed by atoms with van der Waals surface area (Å²) in [4.78, 5) is 24.9. The summed E-state index contributed by atoms with van der Waals surface area (Å²) < 4.78 is 6.71. The van der Waals surface area contributed by atoms with Crippen LogP contribution in [-0.2, 0) is 4.79 Å². The van der Waals surface area contributed by atoms with E-state index in [9.17, 15) is 9.59 Å². The van der Waals surface area contributed by atoms with Gasteiger partial charge in [-0.15, -0.1) is 5.10 Å². The first-order chi connectivity index (χ1) is 14.6. The Morgan fingerprint density at radius 2 is 1.93 bits per heavy atom. The number of tetrazole rings is 1. The van der Waals surface area contributed by atoms with Crippen molar-refractivity contribution in [3.8, 4) is 11.4 Å². The highest BCUT2D eigenvalue weighted by Gasteiger charge is 2.25. The summed E-state index contributed by atoms with van der Waals surface area (Å²) in [6.45, 7) is 0. The van der Waals surface area contributed by atoms with Gasteiger partial charge in [-0.2, -0.15) is 4.68 Å². The van der Waals surface area contributed by atoms with Gasteiger partial charge in [0.2, 0.25) is 11.1 Å². The van der Waals surface area contributed by atoms with Crippen LogP contribution < -0.4 is 15.4 Å². The SMILES string of the molecule is COc1ccc(-n2nnnc2SCC(=O)Nc2ccccc2C(=O)NC2CC2)cc1. The summed E-state index contributed by atoms with van der Waals surface area (Å²) >= 11 is 1.20. The average Bonchev–Trinajstić information content (AvgIpc) is 3.46. The van der Waals surface area contributed by atoms with Crippen LogP contribution in [0.2, 0.25) is 0 Å². The minimum absolute atomic E-state index is 0.0924. The van der Waals surface area contributed by atoms with Crippen LogP contribution in [0.25, 0.3) is 5.69 Å². The van der Waals surface area contributed by atoms with Gasteiger partial charge in [-0.3, -0.25) is 9.59 Å². The van der Waals surface area contributed by atoms with E-state index in [1.165, 1.54) is 11.8 Å². The number of aromatic nitrogens is 4. The number of benzene rings is 2. The highest BCUT2D eigenvalue weighted by atomic mass is 32.2. The molecule has 1 saturated carbocycles. The Bertz CT molecular complexity index is 1050. The fourth-order valence-electron chi connectivity index (χ4n) is 2.75. The fourth-order valence-corrected chi connectivity index (χ4v) is 3.44. The number of para-hydroxylation sites is 1. The molecule has 2 N–H and O–H groups in total. The number of rotatable bonds is 8. The second-order valence-electron chi connectivity index (χ2n) is 6.70. The third-order valence-electron chi connectivity index (χ3n) is 4.45. The van der Waals surface area contributed by atoms with Crippen LogP contribution in [-0.4, -0.2) is 50.9 Å². The minimum Gasteiger partial charge on any atom is -0.497 e. The standard InChI is InChI=1S/C20H20N6O3S/c1-29-15-10-8-14(9-11-15)26-20(23-24-25-26)30-12-18(27)22-17-5-3-2-4-16(17)19(28)21-13-6-7-13/h2-5,8-11,13H,6-7,12H2,1H3,(H,21,28)(H,22,27). The number of thioether (sulfide) groups is 1. The number of anilines is 1. The zero-order chi connectivity index (χ0) is 20.9. The van der Waals surface area contributed by atoms with Crippen molar-refractivity contribution in [2.75, 3.05) is 18.2 Å². The first kappa shape index (κ1) is 19.9. The highest BCUT2D eigenvalue weighted by Crippen LogP contribution is 2.23. The maximum Gasteiger partial charge on any atom is 0.253 e. The number of amides is 2. The van der Waals surface area contributed by atoms with Gasteiger partial charge in [0.1, 0.15) is 5.75 Å². The second-order valence-corrected chi connectivity index (χ2v) is 7.64. The summed E-state index contributed by atoms with van der Waals surface area (Å²) in [5, 5.41) is 17.9. The van der Waals surface area contributed by atoms with Gasteiger partial charge in [0.05, 0.1) is 29.8 Å². The molecule has 1 aliphatic carbocycles. The van der Waals surface area contributed by atoms with Crippen LogP contribution >= 0.6 is 11.8 Å². The molecule has 0 bridgehead atoms. The molecule has 30 heavy (non-hydrogen) atoms. The van der Waals surface area contributed by atoms with E-state index in [1.807, 2.05) is 24.3 Å². The zero-order valence-corrected chi connectivity index (χ0v) is 17.1. The maximum absolute atomic E-state index is 12.5. The molecule has 0 saturated heterocycles. The molecule has 0 radical (unpaired) electrons. The van der Waals surface area contributed by atoms with Crippen LogP contribution in [0.5, 0.6) is 5.75 Å². The van der Waals surface area contributed by atoms with Crippen molar-refractivity contribution in [2.24, 2.45) is 0 Å². The number of nitrogens with one attached hydrogen (secondary N) is 2. The lowest BCUT2D eigenvalue weighted by Gasteiger charge is -2.11. The summed E-state index contributed by atoms with van der Waals surface area (Å²) in [6, 6.07) is 14.5. The van der Waals surface area contributed by atoms with Crippen LogP contribution in [0.15, 0.2) is 53.7 Å². The molecule has 2 aromatic carbocycles. The molecule has 1 heterocycles. The molecular formula is C20H20N6O3S. The lowest BCUT2D eigenvalue weighted by molar-refractivity contribution is -0.113. The Morgan fingerprint density at radius 1 is 1.17 bits per heavy atom. The van der Waals surface area contributed by atoms with Gasteiger partial charge >= 0.3 is 0 Å². The lowest BCUT2D eigenvalue weighted by atomic mass is 10.1. The molecule has 9 nitrogen and oxygen atoms in total. The number of hydrogen-bond acceptors (Lipinski definition) is 7. The summed E-state index contributed by atoms with van der Waals surface area (Å²) in [5.74, 6) is 0.389. The van der Waals surface area contributed by atoms with Gasteiger partial charge < -0.3 is 15.4 Å². The molecule has 3 aromatic rings. The van der Waals surface area contributed by atoms with Gasteiger partial charge in [-0.25, -0.2) is 0 Å². The molecule has 154 valence electrons. The molecule has 2 amide bonds. The molecule has 0 spiro atoms. The Kier molecular flexibility index (Phi) is 5.94. The third kappa shape index (κ3) is 4.77. The molecule has 10 heteroatoms. The number of nitrogens with zero attached hydrogens (tertiary/aromatic N) is 4. The smallest absolute Gasteiger partial charge is 0.253 e. The lowest BCUT2D eigenvalue weighted by Crippen LogP contribution is -2.27. The average molecular weight is 424 g/mol. The second kappa shape index (κ2) is 8.95. The maximum atomic E-state index is 12.5. The first-order valence-electron chi connectivity index (χ1n) is 9.39. The van der Waals surface area contributed by atoms with Gasteiger partial charge in [-0.05, 0) is 59.7 Å². The van der Waals surface area contributed by atoms with Crippen molar-refractivity contribution in [2.45, 2.75) is 24.0 Å². The van der Waals surface area contributed by atoms with Gasteiger partial charge in [0, 0.05) is 6.04 Å². The number of ether oxygens (including phenoxy) is 1. The molecule has 1 fully saturated rings. The molecular weight excluding hydrogens is 404 g/mol. The highest BCUT2D eigenvalue weighted by molar-refractivity contribution is 7.99. The summed E-state index contributed by atoms with van der Waals surface area (Å²) in [7, 11) is 1.60. The van der Waals surface area contributed by atoms with E-state index in [1.54, 1.807) is 36.1 Å². The molecule has 0 atom stereocenters. The van der Waals surface area contributed by atoms with Gasteiger partial charge in [-0.1, -0.05) is 23.9 Å². The Labute approximate surface area is 177 Å². The van der Waals surface area contributed by atoms with E-state index in [2.05, 4.69) is 26.2 Å². The van der Waals surface area contributed by atoms with E-state index in [0.29, 0.717) is 16.4 Å². The third-order valence-corrected chi connectivity index (χ3v) is 5.37. The van der Waals surface area contributed by atoms with Crippen molar-refractivity contribution in [1.29, 1.82) is 0 Å². The predicted molar refractivity (Wildman–Crippen MR) is 112 cm³/mol. The van der Waals surface area contributed by atoms with Crippen LogP contribution in [0.3, 0.4) is 0 Å². The van der Waals surface area contributed by atoms with Gasteiger partial charge in [0.15, 0.2) is 0 Å². The molecule has 1 aliphatic rings. The predicted octanol–water partition coefficient (Wildman–Crippen LogP) is 2.29. The quantitative estimate of drug-likeness (QED) is 0.534. The van der Waals surface area contributed by atoms with E-state index in [0.717, 1.165) is 24.3 Å². The van der Waals surface area contributed by atoms with Crippen molar-refractivity contribution in [3.05, 3.63) is 54.1 Å². The Morgan fingerprint density at radius 3 is 2.67 bits per heavy atom. The van der Waals surface area contributed by atoms with Crippen molar-refractivity contribution in [3.63, 3.8) is 0 Å². The van der Waals surface area contributed by atoms with Crippen LogP contribution in [0.1, 0.15) is 23.2 Å². The monoisotopic (exact) mass is 424 g/mol. The number of carbonyl (C=O) groups excluding carboxylic acids is 2. The van der Waals surface area contributed by atoms with Crippen molar-refractivity contribution in [1.82, 2.24) is 25.5 Å². The van der Waals surface area contributed by atoms with Gasteiger partial charge in [0.25, 0.3) is 5.91 Å². The zero-order valence-electron chi connectivity index (χ0n) is 16.2.